The number of esters is 2. The van der Waals surface area contributed by atoms with Crippen LogP contribution in [0.15, 0.2) is 97.2 Å². The van der Waals surface area contributed by atoms with Gasteiger partial charge in [0.2, 0.25) is 0 Å². The number of unbranched alkanes of at least 4 members (excludes halogenated alkanes) is 20. The Balaban J connectivity index is 3.74. The first kappa shape index (κ1) is 63.9. The Morgan fingerprint density at radius 1 is 0.463 bits per heavy atom. The van der Waals surface area contributed by atoms with Crippen LogP contribution in [-0.2, 0) is 32.7 Å². The van der Waals surface area contributed by atoms with Gasteiger partial charge in [0, 0.05) is 19.4 Å². The molecule has 0 radical (unpaired) electrons. The second kappa shape index (κ2) is 52.3. The first-order valence-electron chi connectivity index (χ1n) is 26.7. The third kappa shape index (κ3) is 52.2. The number of allylic oxidation sites excluding steroid dienone is 16. The maximum atomic E-state index is 12.6. The lowest BCUT2D eigenvalue weighted by Crippen LogP contribution is -2.29. The molecule has 0 spiro atoms. The van der Waals surface area contributed by atoms with Crippen LogP contribution in [0.2, 0.25) is 0 Å². The monoisotopic (exact) mass is 956 g/mol. The molecule has 0 aromatic heterocycles. The van der Waals surface area contributed by atoms with Gasteiger partial charge in [0.1, 0.15) is 6.61 Å². The number of nitrogens with two attached hydrogens (primary N) is 1. The van der Waals surface area contributed by atoms with E-state index in [1.54, 1.807) is 0 Å². The van der Waals surface area contributed by atoms with E-state index >= 15 is 0 Å². The number of carbonyl (C=O) groups is 2. The second-order valence-corrected chi connectivity index (χ2v) is 18.8. The van der Waals surface area contributed by atoms with Crippen molar-refractivity contribution in [2.24, 2.45) is 5.73 Å². The van der Waals surface area contributed by atoms with Gasteiger partial charge in [-0.3, -0.25) is 18.6 Å². The molecule has 0 aliphatic heterocycles. The molecule has 67 heavy (non-hydrogen) atoms. The molecule has 0 saturated heterocycles. The summed E-state index contributed by atoms with van der Waals surface area (Å²) in [6, 6.07) is 0. The van der Waals surface area contributed by atoms with Crippen LogP contribution < -0.4 is 5.73 Å². The minimum absolute atomic E-state index is 0.0517. The highest BCUT2D eigenvalue weighted by molar-refractivity contribution is 7.47. The quantitative estimate of drug-likeness (QED) is 0.0264. The van der Waals surface area contributed by atoms with Crippen molar-refractivity contribution in [3.63, 3.8) is 0 Å². The molecule has 0 bridgehead atoms. The van der Waals surface area contributed by atoms with Crippen LogP contribution in [0.3, 0.4) is 0 Å². The maximum Gasteiger partial charge on any atom is 0.472 e. The smallest absolute Gasteiger partial charge is 0.462 e. The standard InChI is InChI=1S/C57H98NO8P/c1-3-5-7-9-10-11-12-13-14-15-16-17-18-19-20-21-22-23-24-25-26-27-28-29-30-31-32-33-34-35-36-37-38-39-40-41-42-43-44-46-48-50-57(60)66-55(54-65-67(61,62)64-52-51-58)53-63-56(59)49-47-45-8-6-4-2/h5,7,10-11,13-14,16-17,19-20,22-23,25-26,28-29,55H,3-4,6,8-9,12,15,18,21,24,27,30-54,58H2,1-2H3,(H,61,62)/b7-5-,11-10-,14-13-,17-16-,20-19-,23-22-,26-25-,29-28-. The fraction of sp³-hybridized carbons (Fsp3) is 0.684. The number of phosphoric acid groups is 1. The van der Waals surface area contributed by atoms with Gasteiger partial charge in [-0.1, -0.05) is 227 Å². The second-order valence-electron chi connectivity index (χ2n) is 17.4. The largest absolute Gasteiger partial charge is 0.472 e. The SMILES string of the molecule is CC/C=C\C/C=C\C/C=C\C/C=C\C/C=C\C/C=C\C/C=C\C/C=C\CCCCCCCCCCCCCCCCCCC(=O)OC(COC(=O)CCCCCCC)COP(=O)(O)OCCN. The van der Waals surface area contributed by atoms with E-state index in [1.165, 1.54) is 83.5 Å². The maximum absolute atomic E-state index is 12.6. The van der Waals surface area contributed by atoms with E-state index in [4.69, 9.17) is 24.3 Å². The van der Waals surface area contributed by atoms with Gasteiger partial charge in [0.25, 0.3) is 0 Å². The van der Waals surface area contributed by atoms with E-state index in [2.05, 4.69) is 111 Å². The molecule has 0 fully saturated rings. The lowest BCUT2D eigenvalue weighted by molar-refractivity contribution is -0.161. The molecular formula is C57H98NO8P. The Kier molecular flexibility index (Phi) is 49.9. The Bertz CT molecular complexity index is 1410. The molecule has 3 N–H and O–H groups in total. The minimum atomic E-state index is -4.37. The predicted molar refractivity (Wildman–Crippen MR) is 284 cm³/mol. The average molecular weight is 956 g/mol. The van der Waals surface area contributed by atoms with Crippen molar-refractivity contribution in [1.82, 2.24) is 0 Å². The fourth-order valence-corrected chi connectivity index (χ4v) is 7.83. The highest BCUT2D eigenvalue weighted by Crippen LogP contribution is 2.43. The topological polar surface area (TPSA) is 134 Å². The van der Waals surface area contributed by atoms with Gasteiger partial charge >= 0.3 is 19.8 Å². The molecule has 0 rings (SSSR count). The average Bonchev–Trinajstić information content (AvgIpc) is 3.32. The summed E-state index contributed by atoms with van der Waals surface area (Å²) in [6.07, 6.45) is 69.6. The summed E-state index contributed by atoms with van der Waals surface area (Å²) in [6.45, 7) is 3.51. The van der Waals surface area contributed by atoms with Crippen molar-refractivity contribution in [3.05, 3.63) is 97.2 Å². The molecule has 0 aromatic carbocycles. The summed E-state index contributed by atoms with van der Waals surface area (Å²) in [5.74, 6) is -0.843. The van der Waals surface area contributed by atoms with Crippen LogP contribution in [0, 0.1) is 0 Å². The Morgan fingerprint density at radius 3 is 1.22 bits per heavy atom. The number of carbonyl (C=O) groups excluding carboxylic acids is 2. The number of phosphoric ester groups is 1. The molecule has 0 aliphatic rings. The first-order valence-corrected chi connectivity index (χ1v) is 28.2. The zero-order valence-electron chi connectivity index (χ0n) is 42.6. The number of rotatable bonds is 49. The van der Waals surface area contributed by atoms with Crippen LogP contribution in [0.5, 0.6) is 0 Å². The van der Waals surface area contributed by atoms with E-state index in [-0.39, 0.29) is 32.6 Å². The molecule has 2 unspecified atom stereocenters. The summed E-state index contributed by atoms with van der Waals surface area (Å²) < 4.78 is 32.6. The molecule has 10 heteroatoms. The highest BCUT2D eigenvalue weighted by atomic mass is 31.2. The summed E-state index contributed by atoms with van der Waals surface area (Å²) in [5.41, 5.74) is 5.33. The summed E-state index contributed by atoms with van der Waals surface area (Å²) in [7, 11) is -4.37. The molecule has 2 atom stereocenters. The van der Waals surface area contributed by atoms with Gasteiger partial charge in [0.15, 0.2) is 6.10 Å². The van der Waals surface area contributed by atoms with E-state index in [0.29, 0.717) is 6.42 Å². The number of ether oxygens (including phenoxy) is 2. The predicted octanol–water partition coefficient (Wildman–Crippen LogP) is 16.5. The molecule has 0 saturated carbocycles. The molecule has 0 aromatic rings. The van der Waals surface area contributed by atoms with Crippen LogP contribution in [0.1, 0.15) is 219 Å². The van der Waals surface area contributed by atoms with Crippen molar-refractivity contribution in [2.75, 3.05) is 26.4 Å². The van der Waals surface area contributed by atoms with Crippen LogP contribution >= 0.6 is 7.82 Å². The molecule has 0 aliphatic carbocycles. The molecular weight excluding hydrogens is 858 g/mol. The van der Waals surface area contributed by atoms with Crippen LogP contribution in [0.4, 0.5) is 0 Å². The Hall–Kier alpha value is -3.07. The Labute approximate surface area is 410 Å². The van der Waals surface area contributed by atoms with E-state index in [9.17, 15) is 19.0 Å². The van der Waals surface area contributed by atoms with E-state index in [1.807, 2.05) is 0 Å². The van der Waals surface area contributed by atoms with Crippen LogP contribution in [0.25, 0.3) is 0 Å². The van der Waals surface area contributed by atoms with Gasteiger partial charge < -0.3 is 20.1 Å². The summed E-state index contributed by atoms with van der Waals surface area (Å²) in [5, 5.41) is 0. The van der Waals surface area contributed by atoms with Crippen LogP contribution in [-0.4, -0.2) is 49.3 Å². The van der Waals surface area contributed by atoms with Crippen molar-refractivity contribution >= 4 is 19.8 Å². The lowest BCUT2D eigenvalue weighted by Gasteiger charge is -2.19. The number of hydrogen-bond donors (Lipinski definition) is 2. The first-order chi connectivity index (χ1) is 32.8. The highest BCUT2D eigenvalue weighted by Gasteiger charge is 2.26. The van der Waals surface area contributed by atoms with Gasteiger partial charge in [-0.15, -0.1) is 0 Å². The number of hydrogen-bond acceptors (Lipinski definition) is 8. The zero-order valence-corrected chi connectivity index (χ0v) is 43.5. The normalized spacial score (nSPS) is 13.9. The summed E-state index contributed by atoms with van der Waals surface area (Å²) >= 11 is 0. The van der Waals surface area contributed by atoms with Gasteiger partial charge in [-0.2, -0.15) is 0 Å². The van der Waals surface area contributed by atoms with Crippen molar-refractivity contribution in [1.29, 1.82) is 0 Å². The molecule has 0 heterocycles. The van der Waals surface area contributed by atoms with Crippen molar-refractivity contribution in [3.8, 4) is 0 Å². The minimum Gasteiger partial charge on any atom is -0.462 e. The Morgan fingerprint density at radius 2 is 0.821 bits per heavy atom. The molecule has 9 nitrogen and oxygen atoms in total. The van der Waals surface area contributed by atoms with Gasteiger partial charge in [-0.25, -0.2) is 4.57 Å². The third-order valence-corrected chi connectivity index (χ3v) is 12.0. The van der Waals surface area contributed by atoms with Crippen molar-refractivity contribution in [2.45, 2.75) is 225 Å². The van der Waals surface area contributed by atoms with Gasteiger partial charge in [0.05, 0.1) is 13.2 Å². The third-order valence-electron chi connectivity index (χ3n) is 11.0. The van der Waals surface area contributed by atoms with Gasteiger partial charge in [-0.05, 0) is 77.0 Å². The zero-order chi connectivity index (χ0) is 48.8. The summed E-state index contributed by atoms with van der Waals surface area (Å²) in [4.78, 5) is 34.6. The molecule has 384 valence electrons. The van der Waals surface area contributed by atoms with E-state index < -0.39 is 32.5 Å². The van der Waals surface area contributed by atoms with Crippen molar-refractivity contribution < 1.29 is 37.6 Å². The fourth-order valence-electron chi connectivity index (χ4n) is 7.06. The lowest BCUT2D eigenvalue weighted by atomic mass is 10.0. The van der Waals surface area contributed by atoms with E-state index in [0.717, 1.165) is 103 Å². The molecule has 0 amide bonds.